The van der Waals surface area contributed by atoms with Gasteiger partial charge in [0.15, 0.2) is 0 Å². The van der Waals surface area contributed by atoms with Gasteiger partial charge < -0.3 is 20.1 Å². The molecular formula is C20H18FN9O6. The molecule has 0 spiro atoms. The van der Waals surface area contributed by atoms with Crippen molar-refractivity contribution in [3.05, 3.63) is 68.0 Å². The summed E-state index contributed by atoms with van der Waals surface area (Å²) in [5, 5.41) is 39.2. The summed E-state index contributed by atoms with van der Waals surface area (Å²) in [6, 6.07) is 7.10. The summed E-state index contributed by atoms with van der Waals surface area (Å²) in [5.74, 6) is -0.827. The monoisotopic (exact) mass is 499 g/mol. The third-order valence-corrected chi connectivity index (χ3v) is 4.90. The SMILES string of the molecule is O=[N+]([O-])c1cc(/C=N/Nc2nc(Nc3ccc(F)cc3)nc(N3CCOCC3)n2)c(O)c([N+](=O)[O-])c1. The van der Waals surface area contributed by atoms with Crippen molar-refractivity contribution in [1.82, 2.24) is 15.0 Å². The molecule has 1 fully saturated rings. The minimum atomic E-state index is -0.943. The fraction of sp³-hybridized carbons (Fsp3) is 0.200. The lowest BCUT2D eigenvalue weighted by atomic mass is 10.1. The minimum absolute atomic E-state index is 0.0354. The summed E-state index contributed by atoms with van der Waals surface area (Å²) in [6.45, 7) is 1.98. The van der Waals surface area contributed by atoms with Crippen LogP contribution in [0.25, 0.3) is 0 Å². The molecule has 0 aliphatic carbocycles. The maximum Gasteiger partial charge on any atom is 0.318 e. The first-order chi connectivity index (χ1) is 17.3. The molecule has 0 amide bonds. The molecule has 0 radical (unpaired) electrons. The topological polar surface area (TPSA) is 194 Å². The maximum absolute atomic E-state index is 13.2. The molecule has 0 saturated carbocycles. The van der Waals surface area contributed by atoms with E-state index in [-0.39, 0.29) is 17.5 Å². The van der Waals surface area contributed by atoms with Gasteiger partial charge in [0.1, 0.15) is 5.82 Å². The first-order valence-corrected chi connectivity index (χ1v) is 10.4. The molecule has 16 heteroatoms. The first-order valence-electron chi connectivity index (χ1n) is 10.4. The zero-order valence-electron chi connectivity index (χ0n) is 18.4. The largest absolute Gasteiger partial charge is 0.502 e. The van der Waals surface area contributed by atoms with Gasteiger partial charge in [-0.15, -0.1) is 0 Å². The summed E-state index contributed by atoms with van der Waals surface area (Å²) in [5.41, 5.74) is 1.34. The average Bonchev–Trinajstić information content (AvgIpc) is 2.86. The third-order valence-electron chi connectivity index (χ3n) is 4.90. The van der Waals surface area contributed by atoms with Crippen LogP contribution in [0.3, 0.4) is 0 Å². The van der Waals surface area contributed by atoms with Crippen LogP contribution in [-0.4, -0.2) is 62.4 Å². The van der Waals surface area contributed by atoms with Gasteiger partial charge >= 0.3 is 5.69 Å². The Morgan fingerprint density at radius 1 is 1.06 bits per heavy atom. The number of phenolic OH excluding ortho intramolecular Hbond substituents is 1. The van der Waals surface area contributed by atoms with Crippen molar-refractivity contribution in [3.8, 4) is 5.75 Å². The number of aromatic hydroxyl groups is 1. The lowest BCUT2D eigenvalue weighted by Crippen LogP contribution is -2.37. The number of hydrazone groups is 1. The molecule has 2 heterocycles. The van der Waals surface area contributed by atoms with E-state index in [9.17, 15) is 29.7 Å². The Morgan fingerprint density at radius 3 is 2.42 bits per heavy atom. The summed E-state index contributed by atoms with van der Waals surface area (Å²) in [4.78, 5) is 35.2. The highest BCUT2D eigenvalue weighted by atomic mass is 19.1. The molecule has 15 nitrogen and oxygen atoms in total. The van der Waals surface area contributed by atoms with Crippen molar-refractivity contribution in [2.45, 2.75) is 0 Å². The van der Waals surface area contributed by atoms with E-state index in [1.807, 2.05) is 4.90 Å². The number of nitrogens with one attached hydrogen (secondary N) is 2. The summed E-state index contributed by atoms with van der Waals surface area (Å²) in [7, 11) is 0. The molecule has 3 N–H and O–H groups in total. The first kappa shape index (κ1) is 24.1. The average molecular weight is 499 g/mol. The molecule has 0 bridgehead atoms. The van der Waals surface area contributed by atoms with Crippen LogP contribution in [0.5, 0.6) is 5.75 Å². The normalized spacial score (nSPS) is 13.5. The number of non-ortho nitro benzene ring substituents is 1. The molecule has 36 heavy (non-hydrogen) atoms. The highest BCUT2D eigenvalue weighted by Gasteiger charge is 2.23. The number of nitrogens with zero attached hydrogens (tertiary/aromatic N) is 7. The van der Waals surface area contributed by atoms with Crippen LogP contribution in [-0.2, 0) is 4.74 Å². The molecule has 1 saturated heterocycles. The number of anilines is 4. The zero-order chi connectivity index (χ0) is 25.7. The standard InChI is InChI=1S/C20H18FN9O6/c21-13-1-3-14(4-2-13)23-18-24-19(26-20(25-18)28-5-7-36-8-6-28)27-22-11-12-9-15(29(32)33)10-16(17(12)31)30(34)35/h1-4,9-11,31H,5-8H2,(H2,23,24,25,26,27)/b22-11+. The van der Waals surface area contributed by atoms with E-state index >= 15 is 0 Å². The van der Waals surface area contributed by atoms with E-state index in [4.69, 9.17) is 4.74 Å². The Kier molecular flexibility index (Phi) is 7.05. The van der Waals surface area contributed by atoms with Gasteiger partial charge in [0.05, 0.1) is 40.9 Å². The highest BCUT2D eigenvalue weighted by molar-refractivity contribution is 5.87. The van der Waals surface area contributed by atoms with Crippen molar-refractivity contribution >= 4 is 41.1 Å². The van der Waals surface area contributed by atoms with Gasteiger partial charge in [-0.25, -0.2) is 9.82 Å². The summed E-state index contributed by atoms with van der Waals surface area (Å²) < 4.78 is 18.6. The molecule has 1 aromatic heterocycles. The van der Waals surface area contributed by atoms with Gasteiger partial charge in [0, 0.05) is 24.8 Å². The van der Waals surface area contributed by atoms with Gasteiger partial charge in [0.2, 0.25) is 23.6 Å². The van der Waals surface area contributed by atoms with Crippen LogP contribution >= 0.6 is 0 Å². The van der Waals surface area contributed by atoms with Gasteiger partial charge in [-0.1, -0.05) is 0 Å². The second-order valence-electron chi connectivity index (χ2n) is 7.30. The lowest BCUT2D eigenvalue weighted by Gasteiger charge is -2.27. The molecule has 4 rings (SSSR count). The number of ether oxygens (including phenoxy) is 1. The molecule has 3 aromatic rings. The summed E-state index contributed by atoms with van der Waals surface area (Å²) >= 11 is 0. The summed E-state index contributed by atoms with van der Waals surface area (Å²) in [6.07, 6.45) is 0.959. The smallest absolute Gasteiger partial charge is 0.318 e. The van der Waals surface area contributed by atoms with Gasteiger partial charge in [-0.05, 0) is 24.3 Å². The van der Waals surface area contributed by atoms with Crippen LogP contribution < -0.4 is 15.6 Å². The molecule has 0 unspecified atom stereocenters. The van der Waals surface area contributed by atoms with E-state index < -0.39 is 32.8 Å². The number of morpholine rings is 1. The minimum Gasteiger partial charge on any atom is -0.502 e. The second-order valence-corrected chi connectivity index (χ2v) is 7.30. The number of phenols is 1. The number of nitro benzene ring substituents is 2. The maximum atomic E-state index is 13.2. The fourth-order valence-corrected chi connectivity index (χ4v) is 3.17. The van der Waals surface area contributed by atoms with Gasteiger partial charge in [-0.2, -0.15) is 20.1 Å². The van der Waals surface area contributed by atoms with Crippen molar-refractivity contribution < 1.29 is 24.1 Å². The second kappa shape index (κ2) is 10.5. The van der Waals surface area contributed by atoms with Gasteiger partial charge in [0.25, 0.3) is 5.69 Å². The Morgan fingerprint density at radius 2 is 1.75 bits per heavy atom. The predicted molar refractivity (Wildman–Crippen MR) is 125 cm³/mol. The van der Waals surface area contributed by atoms with Crippen LogP contribution in [0.4, 0.5) is 39.3 Å². The number of benzene rings is 2. The number of nitro groups is 2. The number of halogens is 1. The van der Waals surface area contributed by atoms with Crippen molar-refractivity contribution in [2.24, 2.45) is 5.10 Å². The molecule has 2 aromatic carbocycles. The Bertz CT molecular complexity index is 1320. The van der Waals surface area contributed by atoms with Crippen LogP contribution in [0.2, 0.25) is 0 Å². The van der Waals surface area contributed by atoms with Crippen LogP contribution in [0, 0.1) is 26.0 Å². The molecule has 186 valence electrons. The Labute approximate surface area is 201 Å². The molecule has 0 atom stereocenters. The zero-order valence-corrected chi connectivity index (χ0v) is 18.4. The van der Waals surface area contributed by atoms with E-state index in [1.165, 1.54) is 24.3 Å². The van der Waals surface area contributed by atoms with Gasteiger partial charge in [-0.3, -0.25) is 20.2 Å². The van der Waals surface area contributed by atoms with Crippen LogP contribution in [0.15, 0.2) is 41.5 Å². The molecule has 1 aliphatic heterocycles. The Balaban J connectivity index is 1.62. The number of hydrogen-bond acceptors (Lipinski definition) is 13. The van der Waals surface area contributed by atoms with E-state index in [0.29, 0.717) is 44.0 Å². The van der Waals surface area contributed by atoms with E-state index in [1.54, 1.807) is 0 Å². The van der Waals surface area contributed by atoms with Crippen molar-refractivity contribution in [3.63, 3.8) is 0 Å². The van der Waals surface area contributed by atoms with Crippen molar-refractivity contribution in [2.75, 3.05) is 41.9 Å². The Hall–Kier alpha value is -4.99. The number of aromatic nitrogens is 3. The fourth-order valence-electron chi connectivity index (χ4n) is 3.17. The third kappa shape index (κ3) is 5.73. The highest BCUT2D eigenvalue weighted by Crippen LogP contribution is 2.33. The van der Waals surface area contributed by atoms with E-state index in [0.717, 1.165) is 12.3 Å². The van der Waals surface area contributed by atoms with Crippen molar-refractivity contribution in [1.29, 1.82) is 0 Å². The molecule has 1 aliphatic rings. The predicted octanol–water partition coefficient (Wildman–Crippen LogP) is 2.56. The number of rotatable bonds is 8. The lowest BCUT2D eigenvalue weighted by molar-refractivity contribution is -0.394. The van der Waals surface area contributed by atoms with Crippen LogP contribution in [0.1, 0.15) is 5.56 Å². The quantitative estimate of drug-likeness (QED) is 0.233. The van der Waals surface area contributed by atoms with E-state index in [2.05, 4.69) is 30.8 Å². The number of hydrogen-bond donors (Lipinski definition) is 3. The molecular weight excluding hydrogens is 481 g/mol.